The Morgan fingerprint density at radius 1 is 1.40 bits per heavy atom. The summed E-state index contributed by atoms with van der Waals surface area (Å²) in [4.78, 5) is 0. The zero-order valence-corrected chi connectivity index (χ0v) is 12.2. The van der Waals surface area contributed by atoms with Gasteiger partial charge in [0.1, 0.15) is 5.82 Å². The first-order valence-electron chi connectivity index (χ1n) is 6.57. The smallest absolute Gasteiger partial charge is 0.301 e. The molecule has 1 aromatic rings. The maximum atomic E-state index is 13.7. The van der Waals surface area contributed by atoms with Crippen LogP contribution in [0.2, 0.25) is 0 Å². The number of nitrogens with zero attached hydrogens (tertiary/aromatic N) is 1. The molecule has 0 unspecified atom stereocenters. The SMILES string of the molecule is Cc1ccc(NS(=O)(=O)N2CCC(CO)CC2)c(F)c1. The third-order valence-corrected chi connectivity index (χ3v) is 5.06. The van der Waals surface area contributed by atoms with Crippen molar-refractivity contribution in [3.8, 4) is 0 Å². The predicted octanol–water partition coefficient (Wildman–Crippen LogP) is 1.50. The van der Waals surface area contributed by atoms with Gasteiger partial charge in [-0.05, 0) is 43.4 Å². The van der Waals surface area contributed by atoms with Crippen molar-refractivity contribution in [1.82, 2.24) is 4.31 Å². The quantitative estimate of drug-likeness (QED) is 0.885. The van der Waals surface area contributed by atoms with Gasteiger partial charge >= 0.3 is 10.2 Å². The molecular formula is C13H19FN2O3S. The first kappa shape index (κ1) is 15.2. The highest BCUT2D eigenvalue weighted by Gasteiger charge is 2.28. The van der Waals surface area contributed by atoms with E-state index in [1.807, 2.05) is 0 Å². The summed E-state index contributed by atoms with van der Waals surface area (Å²) in [5.74, 6) is -0.434. The van der Waals surface area contributed by atoms with Gasteiger partial charge in [0.15, 0.2) is 0 Å². The molecule has 1 aliphatic heterocycles. The Kier molecular flexibility index (Phi) is 4.62. The largest absolute Gasteiger partial charge is 0.396 e. The van der Waals surface area contributed by atoms with Crippen LogP contribution < -0.4 is 4.72 Å². The molecule has 0 aromatic heterocycles. The van der Waals surface area contributed by atoms with Crippen molar-refractivity contribution in [2.75, 3.05) is 24.4 Å². The molecule has 2 N–H and O–H groups in total. The highest BCUT2D eigenvalue weighted by molar-refractivity contribution is 7.90. The number of piperidine rings is 1. The molecule has 0 radical (unpaired) electrons. The summed E-state index contributed by atoms with van der Waals surface area (Å²) in [5, 5.41) is 9.04. The number of rotatable bonds is 4. The second kappa shape index (κ2) is 6.07. The molecule has 2 rings (SSSR count). The second-order valence-corrected chi connectivity index (χ2v) is 6.79. The van der Waals surface area contributed by atoms with Crippen molar-refractivity contribution in [1.29, 1.82) is 0 Å². The van der Waals surface area contributed by atoms with E-state index in [4.69, 9.17) is 5.11 Å². The van der Waals surface area contributed by atoms with Crippen molar-refractivity contribution >= 4 is 15.9 Å². The van der Waals surface area contributed by atoms with Crippen LogP contribution in [-0.4, -0.2) is 37.5 Å². The summed E-state index contributed by atoms with van der Waals surface area (Å²) < 4.78 is 41.6. The van der Waals surface area contributed by atoms with Crippen LogP contribution >= 0.6 is 0 Å². The molecule has 1 aliphatic rings. The van der Waals surface area contributed by atoms with E-state index < -0.39 is 16.0 Å². The van der Waals surface area contributed by atoms with Crippen LogP contribution in [0.4, 0.5) is 10.1 Å². The molecule has 112 valence electrons. The van der Waals surface area contributed by atoms with Crippen LogP contribution in [0.25, 0.3) is 0 Å². The van der Waals surface area contributed by atoms with Gasteiger partial charge in [0, 0.05) is 19.7 Å². The van der Waals surface area contributed by atoms with Gasteiger partial charge in [0.2, 0.25) is 0 Å². The van der Waals surface area contributed by atoms with Crippen molar-refractivity contribution in [3.05, 3.63) is 29.6 Å². The van der Waals surface area contributed by atoms with Gasteiger partial charge in [-0.1, -0.05) is 6.07 Å². The second-order valence-electron chi connectivity index (χ2n) is 5.12. The van der Waals surface area contributed by atoms with Crippen LogP contribution in [0.15, 0.2) is 18.2 Å². The number of benzene rings is 1. The van der Waals surface area contributed by atoms with E-state index in [0.29, 0.717) is 25.9 Å². The van der Waals surface area contributed by atoms with Crippen molar-refractivity contribution in [3.63, 3.8) is 0 Å². The summed E-state index contributed by atoms with van der Waals surface area (Å²) >= 11 is 0. The Labute approximate surface area is 118 Å². The minimum Gasteiger partial charge on any atom is -0.396 e. The number of aliphatic hydroxyl groups is 1. The zero-order chi connectivity index (χ0) is 14.8. The van der Waals surface area contributed by atoms with Crippen LogP contribution in [0.3, 0.4) is 0 Å². The number of aryl methyl sites for hydroxylation is 1. The normalized spacial score (nSPS) is 18.1. The van der Waals surface area contributed by atoms with Crippen molar-refractivity contribution in [2.45, 2.75) is 19.8 Å². The van der Waals surface area contributed by atoms with Crippen molar-refractivity contribution < 1.29 is 17.9 Å². The molecule has 20 heavy (non-hydrogen) atoms. The van der Waals surface area contributed by atoms with E-state index in [9.17, 15) is 12.8 Å². The maximum Gasteiger partial charge on any atom is 0.301 e. The minimum absolute atomic E-state index is 0.0418. The lowest BCUT2D eigenvalue weighted by atomic mass is 10.00. The third kappa shape index (κ3) is 3.47. The first-order chi connectivity index (χ1) is 9.42. The number of hydrogen-bond acceptors (Lipinski definition) is 3. The topological polar surface area (TPSA) is 69.6 Å². The fraction of sp³-hybridized carbons (Fsp3) is 0.538. The molecular weight excluding hydrogens is 283 g/mol. The van der Waals surface area contributed by atoms with Gasteiger partial charge in [-0.15, -0.1) is 0 Å². The number of hydrogen-bond donors (Lipinski definition) is 2. The monoisotopic (exact) mass is 302 g/mol. The summed E-state index contributed by atoms with van der Waals surface area (Å²) in [6.07, 6.45) is 1.24. The highest BCUT2D eigenvalue weighted by Crippen LogP contribution is 2.22. The lowest BCUT2D eigenvalue weighted by molar-refractivity contribution is 0.170. The number of aliphatic hydroxyl groups excluding tert-OH is 1. The summed E-state index contributed by atoms with van der Waals surface area (Å²) in [6.45, 7) is 2.50. The molecule has 5 nitrogen and oxygen atoms in total. The van der Waals surface area contributed by atoms with Crippen LogP contribution in [0.5, 0.6) is 0 Å². The van der Waals surface area contributed by atoms with Gasteiger partial charge < -0.3 is 5.11 Å². The van der Waals surface area contributed by atoms with Crippen LogP contribution in [0.1, 0.15) is 18.4 Å². The van der Waals surface area contributed by atoms with Gasteiger partial charge in [-0.25, -0.2) is 4.39 Å². The van der Waals surface area contributed by atoms with E-state index >= 15 is 0 Å². The highest BCUT2D eigenvalue weighted by atomic mass is 32.2. The lowest BCUT2D eigenvalue weighted by Gasteiger charge is -2.30. The summed E-state index contributed by atoms with van der Waals surface area (Å²) in [5.41, 5.74) is 0.689. The molecule has 0 bridgehead atoms. The van der Waals surface area contributed by atoms with E-state index in [0.717, 1.165) is 5.56 Å². The van der Waals surface area contributed by atoms with Crippen LogP contribution in [0, 0.1) is 18.7 Å². The van der Waals surface area contributed by atoms with E-state index in [2.05, 4.69) is 4.72 Å². The fourth-order valence-corrected chi connectivity index (χ4v) is 3.50. The maximum absolute atomic E-state index is 13.7. The molecule has 1 aromatic carbocycles. The Morgan fingerprint density at radius 3 is 2.60 bits per heavy atom. The van der Waals surface area contributed by atoms with Gasteiger partial charge in [-0.3, -0.25) is 4.72 Å². The molecule has 1 fully saturated rings. The third-order valence-electron chi connectivity index (χ3n) is 3.54. The number of anilines is 1. The Bertz CT molecular complexity index is 569. The van der Waals surface area contributed by atoms with E-state index in [1.165, 1.54) is 16.4 Å². The molecule has 1 heterocycles. The van der Waals surface area contributed by atoms with Crippen LogP contribution in [-0.2, 0) is 10.2 Å². The van der Waals surface area contributed by atoms with E-state index in [-0.39, 0.29) is 18.2 Å². The Balaban J connectivity index is 2.08. The Hall–Kier alpha value is -1.18. The molecule has 0 amide bonds. The summed E-state index contributed by atoms with van der Waals surface area (Å²) in [6, 6.07) is 4.36. The number of nitrogens with one attached hydrogen (secondary N) is 1. The van der Waals surface area contributed by atoms with Gasteiger partial charge in [0.25, 0.3) is 0 Å². The average molecular weight is 302 g/mol. The van der Waals surface area contributed by atoms with E-state index in [1.54, 1.807) is 13.0 Å². The van der Waals surface area contributed by atoms with Crippen molar-refractivity contribution in [2.24, 2.45) is 5.92 Å². The molecule has 0 spiro atoms. The minimum atomic E-state index is -3.74. The van der Waals surface area contributed by atoms with Gasteiger partial charge in [-0.2, -0.15) is 12.7 Å². The molecule has 0 saturated carbocycles. The first-order valence-corrected chi connectivity index (χ1v) is 8.01. The fourth-order valence-electron chi connectivity index (χ4n) is 2.24. The molecule has 0 atom stereocenters. The zero-order valence-electron chi connectivity index (χ0n) is 11.3. The Morgan fingerprint density at radius 2 is 2.05 bits per heavy atom. The standard InChI is InChI=1S/C13H19FN2O3S/c1-10-2-3-13(12(14)8-10)15-20(18,19)16-6-4-11(9-17)5-7-16/h2-3,8,11,15,17H,4-7,9H2,1H3. The number of halogens is 1. The lowest BCUT2D eigenvalue weighted by Crippen LogP contribution is -2.42. The predicted molar refractivity (Wildman–Crippen MR) is 75.1 cm³/mol. The van der Waals surface area contributed by atoms with Gasteiger partial charge in [0.05, 0.1) is 5.69 Å². The molecule has 0 aliphatic carbocycles. The molecule has 1 saturated heterocycles. The molecule has 7 heteroatoms. The summed E-state index contributed by atoms with van der Waals surface area (Å²) in [7, 11) is -3.74. The average Bonchev–Trinajstić information content (AvgIpc) is 2.42.